The third-order valence-electron chi connectivity index (χ3n) is 1.52. The lowest BCUT2D eigenvalue weighted by atomic mass is 10.2. The number of aliphatic carboxylic acids is 2. The van der Waals surface area contributed by atoms with Crippen LogP contribution in [0.25, 0.3) is 0 Å². The zero-order chi connectivity index (χ0) is 11.1. The van der Waals surface area contributed by atoms with Gasteiger partial charge in [0.2, 0.25) is 0 Å². The summed E-state index contributed by atoms with van der Waals surface area (Å²) in [4.78, 5) is 20.6. The number of carbonyl (C=O) groups excluding carboxylic acids is 2. The van der Waals surface area contributed by atoms with Crippen molar-refractivity contribution in [1.82, 2.24) is 0 Å². The Labute approximate surface area is 90.9 Å². The fourth-order valence-electron chi connectivity index (χ4n) is 0.436. The van der Waals surface area contributed by atoms with Crippen LogP contribution in [0.2, 0.25) is 0 Å². The Hall–Kier alpha value is -0.360. The fraction of sp³-hybridized carbons (Fsp3) is 0.750. The van der Waals surface area contributed by atoms with Gasteiger partial charge in [0.15, 0.2) is 0 Å². The Bertz CT molecular complexity index is 186. The first-order valence-electron chi connectivity index (χ1n) is 4.11. The van der Waals surface area contributed by atoms with Gasteiger partial charge in [-0.05, 0) is 0 Å². The largest absolute Gasteiger partial charge is 0.550 e. The molecule has 0 aromatic rings. The van der Waals surface area contributed by atoms with Gasteiger partial charge in [-0.3, -0.25) is 0 Å². The zero-order valence-electron chi connectivity index (χ0n) is 8.02. The first-order valence-corrected chi connectivity index (χ1v) is 6.60. The standard InChI is InChI=1S/C8H14O4S2/c1-5(7(9)10)3-13-14-4-6(2)8(11)12/h5-6H,3-4H2,1-2H3,(H,9,10)(H,11,12)/p-2. The van der Waals surface area contributed by atoms with Crippen molar-refractivity contribution in [3.63, 3.8) is 0 Å². The molecule has 0 radical (unpaired) electrons. The van der Waals surface area contributed by atoms with Crippen LogP contribution in [0.5, 0.6) is 0 Å². The molecule has 0 rings (SSSR count). The molecule has 6 heteroatoms. The third kappa shape index (κ3) is 6.15. The Balaban J connectivity index is 3.47. The molecule has 2 atom stereocenters. The van der Waals surface area contributed by atoms with Crippen molar-refractivity contribution in [3.8, 4) is 0 Å². The molecular weight excluding hydrogens is 224 g/mol. The van der Waals surface area contributed by atoms with Crippen molar-refractivity contribution in [1.29, 1.82) is 0 Å². The van der Waals surface area contributed by atoms with Crippen LogP contribution >= 0.6 is 21.6 Å². The van der Waals surface area contributed by atoms with Gasteiger partial charge in [0.05, 0.1) is 0 Å². The smallest absolute Gasteiger partial charge is 0.0451 e. The molecule has 0 heterocycles. The second-order valence-electron chi connectivity index (χ2n) is 3.01. The van der Waals surface area contributed by atoms with E-state index in [9.17, 15) is 19.8 Å². The molecule has 0 aromatic heterocycles. The number of hydrogen-bond donors (Lipinski definition) is 0. The van der Waals surface area contributed by atoms with E-state index in [1.165, 1.54) is 21.6 Å². The quantitative estimate of drug-likeness (QED) is 0.423. The van der Waals surface area contributed by atoms with Crippen molar-refractivity contribution >= 4 is 33.5 Å². The van der Waals surface area contributed by atoms with Crippen molar-refractivity contribution in [2.45, 2.75) is 13.8 Å². The second kappa shape index (κ2) is 7.00. The van der Waals surface area contributed by atoms with Gasteiger partial charge in [-0.25, -0.2) is 0 Å². The van der Waals surface area contributed by atoms with Gasteiger partial charge in [0.1, 0.15) is 0 Å². The molecule has 0 amide bonds. The molecule has 0 aliphatic heterocycles. The lowest BCUT2D eigenvalue weighted by Gasteiger charge is -2.13. The van der Waals surface area contributed by atoms with Gasteiger partial charge in [-0.15, -0.1) is 0 Å². The Morgan fingerprint density at radius 2 is 1.29 bits per heavy atom. The fourth-order valence-corrected chi connectivity index (χ4v) is 3.11. The zero-order valence-corrected chi connectivity index (χ0v) is 9.65. The lowest BCUT2D eigenvalue weighted by Crippen LogP contribution is -2.31. The van der Waals surface area contributed by atoms with Crippen molar-refractivity contribution in [2.75, 3.05) is 11.5 Å². The van der Waals surface area contributed by atoms with E-state index in [2.05, 4.69) is 0 Å². The molecule has 0 saturated heterocycles. The molecule has 0 N–H and O–H groups in total. The van der Waals surface area contributed by atoms with Crippen LogP contribution in [0, 0.1) is 11.8 Å². The molecule has 14 heavy (non-hydrogen) atoms. The highest BCUT2D eigenvalue weighted by atomic mass is 33.1. The Kier molecular flexibility index (Phi) is 6.82. The summed E-state index contributed by atoms with van der Waals surface area (Å²) in [5.41, 5.74) is 0. The molecule has 0 aromatic carbocycles. The highest BCUT2D eigenvalue weighted by molar-refractivity contribution is 8.76. The third-order valence-corrected chi connectivity index (χ3v) is 4.28. The van der Waals surface area contributed by atoms with Gasteiger partial charge in [0, 0.05) is 35.3 Å². The van der Waals surface area contributed by atoms with E-state index in [1.807, 2.05) is 0 Å². The van der Waals surface area contributed by atoms with Crippen LogP contribution in [0.3, 0.4) is 0 Å². The van der Waals surface area contributed by atoms with E-state index in [-0.39, 0.29) is 0 Å². The molecule has 4 nitrogen and oxygen atoms in total. The maximum Gasteiger partial charge on any atom is 0.0451 e. The number of hydrogen-bond acceptors (Lipinski definition) is 6. The summed E-state index contributed by atoms with van der Waals surface area (Å²) in [6, 6.07) is 0. The van der Waals surface area contributed by atoms with Crippen LogP contribution in [-0.4, -0.2) is 23.4 Å². The summed E-state index contributed by atoms with van der Waals surface area (Å²) < 4.78 is 0. The number of carboxylic acids is 2. The summed E-state index contributed by atoms with van der Waals surface area (Å²) in [6.07, 6.45) is 0. The van der Waals surface area contributed by atoms with E-state index >= 15 is 0 Å². The number of carbonyl (C=O) groups is 2. The minimum absolute atomic E-state index is 0.423. The van der Waals surface area contributed by atoms with E-state index in [4.69, 9.17) is 0 Å². The minimum atomic E-state index is -1.08. The molecule has 0 aliphatic rings. The maximum atomic E-state index is 10.3. The highest BCUT2D eigenvalue weighted by Gasteiger charge is 2.06. The molecule has 2 unspecified atom stereocenters. The first kappa shape index (κ1) is 13.6. The SMILES string of the molecule is CC(CSSCC(C)C(=O)[O-])C(=O)[O-]. The van der Waals surface area contributed by atoms with Gasteiger partial charge < -0.3 is 19.8 Å². The summed E-state index contributed by atoms with van der Waals surface area (Å²) in [5.74, 6) is -2.33. The van der Waals surface area contributed by atoms with Gasteiger partial charge in [-0.2, -0.15) is 0 Å². The van der Waals surface area contributed by atoms with Gasteiger partial charge in [0.25, 0.3) is 0 Å². The van der Waals surface area contributed by atoms with E-state index in [0.717, 1.165) is 0 Å². The summed E-state index contributed by atoms with van der Waals surface area (Å²) >= 11 is 0. The van der Waals surface area contributed by atoms with E-state index in [1.54, 1.807) is 13.8 Å². The van der Waals surface area contributed by atoms with E-state index < -0.39 is 23.8 Å². The number of carboxylic acid groups (broad SMARTS) is 2. The topological polar surface area (TPSA) is 80.3 Å². The average molecular weight is 236 g/mol. The summed E-state index contributed by atoms with van der Waals surface area (Å²) in [7, 11) is 2.68. The summed E-state index contributed by atoms with van der Waals surface area (Å²) in [6.45, 7) is 3.12. The van der Waals surface area contributed by atoms with Crippen LogP contribution in [0.4, 0.5) is 0 Å². The molecule has 0 saturated carbocycles. The predicted octanol–water partition coefficient (Wildman–Crippen LogP) is -0.860. The average Bonchev–Trinajstić information content (AvgIpc) is 2.11. The van der Waals surface area contributed by atoms with Crippen molar-refractivity contribution < 1.29 is 19.8 Å². The summed E-state index contributed by atoms with van der Waals surface area (Å²) in [5, 5.41) is 20.6. The molecular formula is C8H12O4S2-2. The highest BCUT2D eigenvalue weighted by Crippen LogP contribution is 2.25. The minimum Gasteiger partial charge on any atom is -0.550 e. The van der Waals surface area contributed by atoms with E-state index in [0.29, 0.717) is 11.5 Å². The van der Waals surface area contributed by atoms with Crippen LogP contribution in [0.15, 0.2) is 0 Å². The van der Waals surface area contributed by atoms with Gasteiger partial charge in [-0.1, -0.05) is 35.4 Å². The predicted molar refractivity (Wildman–Crippen MR) is 53.3 cm³/mol. The van der Waals surface area contributed by atoms with Crippen molar-refractivity contribution in [3.05, 3.63) is 0 Å². The van der Waals surface area contributed by atoms with Gasteiger partial charge >= 0.3 is 0 Å². The molecule has 82 valence electrons. The molecule has 0 spiro atoms. The maximum absolute atomic E-state index is 10.3. The number of rotatable bonds is 7. The van der Waals surface area contributed by atoms with Crippen LogP contribution in [0.1, 0.15) is 13.8 Å². The van der Waals surface area contributed by atoms with Crippen LogP contribution < -0.4 is 10.2 Å². The Morgan fingerprint density at radius 3 is 1.50 bits per heavy atom. The molecule has 0 fully saturated rings. The first-order chi connectivity index (χ1) is 6.45. The van der Waals surface area contributed by atoms with Crippen molar-refractivity contribution in [2.24, 2.45) is 11.8 Å². The molecule has 0 aliphatic carbocycles. The normalized spacial score (nSPS) is 14.7. The second-order valence-corrected chi connectivity index (χ2v) is 5.56. The Morgan fingerprint density at radius 1 is 1.00 bits per heavy atom. The molecule has 0 bridgehead atoms. The van der Waals surface area contributed by atoms with Crippen LogP contribution in [-0.2, 0) is 9.59 Å². The lowest BCUT2D eigenvalue weighted by molar-refractivity contribution is -0.311. The monoisotopic (exact) mass is 236 g/mol.